The monoisotopic (exact) mass is 343 g/mol. The minimum Gasteiger partial charge on any atom is -0.394 e. The molecule has 0 aromatic heterocycles. The zero-order valence-electron chi connectivity index (χ0n) is 16.3. The predicted octanol–water partition coefficient (Wildman–Crippen LogP) is 5.03. The summed E-state index contributed by atoms with van der Waals surface area (Å²) in [6, 6.07) is 4.96. The summed E-state index contributed by atoms with van der Waals surface area (Å²) in [4.78, 5) is 0. The van der Waals surface area contributed by atoms with Crippen molar-refractivity contribution in [3.63, 3.8) is 0 Å². The number of nitrogens with two attached hydrogens (primary N) is 1. The predicted molar refractivity (Wildman–Crippen MR) is 106 cm³/mol. The van der Waals surface area contributed by atoms with Gasteiger partial charge in [-0.2, -0.15) is 0 Å². The van der Waals surface area contributed by atoms with Gasteiger partial charge in [0, 0.05) is 5.54 Å². The van der Waals surface area contributed by atoms with Gasteiger partial charge in [0.15, 0.2) is 0 Å². The van der Waals surface area contributed by atoms with Gasteiger partial charge in [-0.25, -0.2) is 0 Å². The van der Waals surface area contributed by atoms with Crippen LogP contribution in [0.2, 0.25) is 0 Å². The second kappa shape index (κ2) is 8.22. The van der Waals surface area contributed by atoms with E-state index in [0.717, 1.165) is 25.2 Å². The summed E-state index contributed by atoms with van der Waals surface area (Å²) in [7, 11) is 0. The molecule has 3 atom stereocenters. The first-order chi connectivity index (χ1) is 12.0. The van der Waals surface area contributed by atoms with Crippen molar-refractivity contribution in [2.24, 2.45) is 11.7 Å². The zero-order chi connectivity index (χ0) is 17.9. The number of aliphatic hydroxyl groups is 1. The third-order valence-corrected chi connectivity index (χ3v) is 6.78. The van der Waals surface area contributed by atoms with E-state index >= 15 is 0 Å². The maximum absolute atomic E-state index is 9.56. The van der Waals surface area contributed by atoms with E-state index in [-0.39, 0.29) is 12.1 Å². The maximum atomic E-state index is 9.56. The van der Waals surface area contributed by atoms with Crippen molar-refractivity contribution >= 4 is 0 Å². The molecule has 2 heteroatoms. The number of aryl methyl sites for hydroxylation is 2. The minimum atomic E-state index is -0.351. The fourth-order valence-corrected chi connectivity index (χ4v) is 5.14. The van der Waals surface area contributed by atoms with Crippen LogP contribution in [0.4, 0.5) is 0 Å². The van der Waals surface area contributed by atoms with Crippen LogP contribution in [0.25, 0.3) is 0 Å². The highest BCUT2D eigenvalue weighted by Crippen LogP contribution is 2.42. The molecule has 1 aromatic rings. The number of aliphatic hydroxyl groups excluding tert-OH is 1. The highest BCUT2D eigenvalue weighted by atomic mass is 16.3. The van der Waals surface area contributed by atoms with Gasteiger partial charge < -0.3 is 10.8 Å². The molecule has 0 radical (unpaired) electrons. The number of hydrogen-bond acceptors (Lipinski definition) is 2. The third kappa shape index (κ3) is 4.46. The van der Waals surface area contributed by atoms with Crippen molar-refractivity contribution in [3.05, 3.63) is 34.4 Å². The summed E-state index contributed by atoms with van der Waals surface area (Å²) < 4.78 is 0. The minimum absolute atomic E-state index is 0.118. The highest BCUT2D eigenvalue weighted by molar-refractivity contribution is 5.42. The molecular formula is C23H37NO. The van der Waals surface area contributed by atoms with E-state index in [1.807, 2.05) is 0 Å². The molecule has 0 heterocycles. The summed E-state index contributed by atoms with van der Waals surface area (Å²) in [6.07, 6.45) is 13.9. The molecule has 0 amide bonds. The molecule has 1 fully saturated rings. The molecule has 25 heavy (non-hydrogen) atoms. The van der Waals surface area contributed by atoms with E-state index in [4.69, 9.17) is 5.73 Å². The lowest BCUT2D eigenvalue weighted by Crippen LogP contribution is -2.40. The van der Waals surface area contributed by atoms with Crippen LogP contribution >= 0.6 is 0 Å². The number of unbranched alkanes of at least 4 members (excludes halogenated alkanes) is 3. The molecule has 0 saturated heterocycles. The van der Waals surface area contributed by atoms with Crippen LogP contribution in [0.15, 0.2) is 12.1 Å². The molecule has 1 saturated carbocycles. The van der Waals surface area contributed by atoms with Crippen LogP contribution in [-0.2, 0) is 12.8 Å². The summed E-state index contributed by atoms with van der Waals surface area (Å²) in [5.41, 5.74) is 12.1. The zero-order valence-corrected chi connectivity index (χ0v) is 16.3. The van der Waals surface area contributed by atoms with Gasteiger partial charge in [-0.15, -0.1) is 0 Å². The fraction of sp³-hybridized carbons (Fsp3) is 0.739. The van der Waals surface area contributed by atoms with Gasteiger partial charge in [0.1, 0.15) is 0 Å². The summed E-state index contributed by atoms with van der Waals surface area (Å²) in [6.45, 7) is 4.68. The lowest BCUT2D eigenvalue weighted by molar-refractivity contribution is 0.198. The lowest BCUT2D eigenvalue weighted by Gasteiger charge is -2.27. The van der Waals surface area contributed by atoms with E-state index in [1.54, 1.807) is 11.1 Å². The molecule has 3 N–H and O–H groups in total. The number of fused-ring (bicyclic) bond motifs is 1. The molecule has 2 aliphatic carbocycles. The van der Waals surface area contributed by atoms with Gasteiger partial charge in [0.2, 0.25) is 0 Å². The Morgan fingerprint density at radius 3 is 2.72 bits per heavy atom. The summed E-state index contributed by atoms with van der Waals surface area (Å²) in [5.74, 6) is 1.43. The molecule has 1 aromatic carbocycles. The van der Waals surface area contributed by atoms with E-state index in [9.17, 15) is 5.11 Å². The van der Waals surface area contributed by atoms with E-state index in [2.05, 4.69) is 26.0 Å². The molecule has 0 bridgehead atoms. The quantitative estimate of drug-likeness (QED) is 0.682. The van der Waals surface area contributed by atoms with Gasteiger partial charge in [-0.1, -0.05) is 51.2 Å². The molecule has 0 spiro atoms. The van der Waals surface area contributed by atoms with Crippen LogP contribution in [0.5, 0.6) is 0 Å². The van der Waals surface area contributed by atoms with Crippen molar-refractivity contribution in [1.29, 1.82) is 0 Å². The first-order valence-electron chi connectivity index (χ1n) is 10.6. The van der Waals surface area contributed by atoms with Crippen LogP contribution in [0, 0.1) is 12.8 Å². The molecule has 0 aliphatic heterocycles. The van der Waals surface area contributed by atoms with Crippen LogP contribution in [-0.4, -0.2) is 17.3 Å². The highest BCUT2D eigenvalue weighted by Gasteiger charge is 2.36. The SMILES string of the molecule is CCCCCCC1CCc2cc([C@H]3CC[C@](N)(CO)C3)c(C)cc2C1. The Bertz CT molecular complexity index is 582. The maximum Gasteiger partial charge on any atom is 0.0611 e. The number of rotatable bonds is 7. The van der Waals surface area contributed by atoms with Crippen LogP contribution < -0.4 is 5.73 Å². The van der Waals surface area contributed by atoms with Crippen LogP contribution in [0.1, 0.15) is 92.9 Å². The summed E-state index contributed by atoms with van der Waals surface area (Å²) >= 11 is 0. The third-order valence-electron chi connectivity index (χ3n) is 6.78. The van der Waals surface area contributed by atoms with E-state index in [1.165, 1.54) is 62.5 Å². The van der Waals surface area contributed by atoms with E-state index < -0.39 is 0 Å². The Morgan fingerprint density at radius 1 is 1.16 bits per heavy atom. The van der Waals surface area contributed by atoms with Gasteiger partial charge in [-0.05, 0) is 79.5 Å². The number of hydrogen-bond donors (Lipinski definition) is 2. The summed E-state index contributed by atoms with van der Waals surface area (Å²) in [5, 5.41) is 9.56. The van der Waals surface area contributed by atoms with Crippen molar-refractivity contribution < 1.29 is 5.11 Å². The van der Waals surface area contributed by atoms with Gasteiger partial charge in [0.05, 0.1) is 6.61 Å². The average Bonchev–Trinajstić information content (AvgIpc) is 3.01. The molecule has 2 aliphatic rings. The Hall–Kier alpha value is -0.860. The molecule has 2 nitrogen and oxygen atoms in total. The smallest absolute Gasteiger partial charge is 0.0611 e. The topological polar surface area (TPSA) is 46.2 Å². The second-order valence-electron chi connectivity index (χ2n) is 8.90. The van der Waals surface area contributed by atoms with Crippen molar-refractivity contribution in [2.45, 2.75) is 95.9 Å². The first kappa shape index (κ1) is 18.9. The van der Waals surface area contributed by atoms with Crippen molar-refractivity contribution in [2.75, 3.05) is 6.61 Å². The Kier molecular flexibility index (Phi) is 6.22. The normalized spacial score (nSPS) is 29.0. The molecule has 3 rings (SSSR count). The van der Waals surface area contributed by atoms with Crippen molar-refractivity contribution in [3.8, 4) is 0 Å². The van der Waals surface area contributed by atoms with Gasteiger partial charge in [-0.3, -0.25) is 0 Å². The second-order valence-corrected chi connectivity index (χ2v) is 8.90. The first-order valence-corrected chi connectivity index (χ1v) is 10.6. The van der Waals surface area contributed by atoms with Gasteiger partial charge >= 0.3 is 0 Å². The molecular weight excluding hydrogens is 306 g/mol. The Labute approximate surface area is 154 Å². The largest absolute Gasteiger partial charge is 0.394 e. The Morgan fingerprint density at radius 2 is 2.00 bits per heavy atom. The molecule has 1 unspecified atom stereocenters. The molecule has 140 valence electrons. The van der Waals surface area contributed by atoms with Crippen LogP contribution in [0.3, 0.4) is 0 Å². The number of benzene rings is 1. The Balaban J connectivity index is 1.65. The fourth-order valence-electron chi connectivity index (χ4n) is 5.14. The van der Waals surface area contributed by atoms with Gasteiger partial charge in [0.25, 0.3) is 0 Å². The van der Waals surface area contributed by atoms with Crippen molar-refractivity contribution in [1.82, 2.24) is 0 Å². The standard InChI is InChI=1S/C23H37NO/c1-3-4-5-6-7-18-8-9-19-14-22(17(2)12-21(19)13-18)20-10-11-23(24,15-20)16-25/h12,14,18,20,25H,3-11,13,15-16,24H2,1-2H3/t18?,20-,23+/m0/s1. The lowest BCUT2D eigenvalue weighted by atomic mass is 9.78. The average molecular weight is 344 g/mol. The van der Waals surface area contributed by atoms with E-state index in [0.29, 0.717) is 5.92 Å².